The first-order chi connectivity index (χ1) is 9.71. The Morgan fingerprint density at radius 3 is 2.65 bits per heavy atom. The van der Waals surface area contributed by atoms with Gasteiger partial charge in [0.25, 0.3) is 0 Å². The van der Waals surface area contributed by atoms with Gasteiger partial charge in [0.2, 0.25) is 0 Å². The Morgan fingerprint density at radius 1 is 1.20 bits per heavy atom. The highest BCUT2D eigenvalue weighted by Gasteiger charge is 2.38. The Hall–Kier alpha value is -1.42. The lowest BCUT2D eigenvalue weighted by atomic mass is 10.1. The predicted molar refractivity (Wildman–Crippen MR) is 80.8 cm³/mol. The van der Waals surface area contributed by atoms with E-state index < -0.39 is 0 Å². The zero-order valence-electron chi connectivity index (χ0n) is 12.6. The van der Waals surface area contributed by atoms with E-state index in [0.717, 1.165) is 29.8 Å². The molecular formula is C16H24N2O2. The molecule has 1 aromatic rings. The molecule has 0 aromatic heterocycles. The average molecular weight is 276 g/mol. The van der Waals surface area contributed by atoms with E-state index in [9.17, 15) is 0 Å². The van der Waals surface area contributed by atoms with Crippen molar-refractivity contribution in [3.8, 4) is 11.5 Å². The van der Waals surface area contributed by atoms with Gasteiger partial charge in [-0.1, -0.05) is 0 Å². The van der Waals surface area contributed by atoms with Crippen LogP contribution in [-0.4, -0.2) is 43.8 Å². The van der Waals surface area contributed by atoms with Crippen LogP contribution in [0.4, 0.5) is 5.69 Å². The summed E-state index contributed by atoms with van der Waals surface area (Å²) in [5.74, 6) is 1.74. The van der Waals surface area contributed by atoms with Crippen LogP contribution in [0.5, 0.6) is 11.5 Å². The molecule has 3 rings (SSSR count). The van der Waals surface area contributed by atoms with Crippen molar-refractivity contribution in [1.82, 2.24) is 4.90 Å². The normalized spacial score (nSPS) is 26.6. The van der Waals surface area contributed by atoms with Crippen molar-refractivity contribution in [3.05, 3.63) is 18.2 Å². The van der Waals surface area contributed by atoms with E-state index in [4.69, 9.17) is 9.47 Å². The molecule has 0 spiro atoms. The van der Waals surface area contributed by atoms with Gasteiger partial charge in [-0.15, -0.1) is 0 Å². The van der Waals surface area contributed by atoms with Gasteiger partial charge in [-0.25, -0.2) is 0 Å². The molecule has 0 radical (unpaired) electrons. The van der Waals surface area contributed by atoms with Crippen molar-refractivity contribution in [3.63, 3.8) is 0 Å². The topological polar surface area (TPSA) is 33.7 Å². The molecule has 1 saturated heterocycles. The van der Waals surface area contributed by atoms with E-state index in [1.54, 1.807) is 14.2 Å². The SMILES string of the molecule is COc1ccc(OC)c(NC2CC(C)N(C3CC3)C2)c1. The van der Waals surface area contributed by atoms with Gasteiger partial charge in [-0.05, 0) is 38.3 Å². The Balaban J connectivity index is 1.71. The largest absolute Gasteiger partial charge is 0.497 e. The van der Waals surface area contributed by atoms with Gasteiger partial charge in [-0.2, -0.15) is 0 Å². The Bertz CT molecular complexity index is 474. The number of ether oxygens (including phenoxy) is 2. The number of likely N-dealkylation sites (tertiary alicyclic amines) is 1. The molecule has 4 heteroatoms. The standard InChI is InChI=1S/C16H24N2O2/c1-11-8-12(10-18(11)13-4-5-13)17-15-9-14(19-2)6-7-16(15)20-3/h6-7,9,11-13,17H,4-5,8,10H2,1-3H3. The molecule has 0 amide bonds. The number of anilines is 1. The fraction of sp³-hybridized carbons (Fsp3) is 0.625. The molecule has 1 aromatic carbocycles. The van der Waals surface area contributed by atoms with Crippen LogP contribution in [0, 0.1) is 0 Å². The van der Waals surface area contributed by atoms with E-state index in [0.29, 0.717) is 12.1 Å². The molecular weight excluding hydrogens is 252 g/mol. The van der Waals surface area contributed by atoms with Gasteiger partial charge in [0.1, 0.15) is 11.5 Å². The summed E-state index contributed by atoms with van der Waals surface area (Å²) >= 11 is 0. The monoisotopic (exact) mass is 276 g/mol. The first-order valence-corrected chi connectivity index (χ1v) is 7.45. The molecule has 1 aliphatic heterocycles. The summed E-state index contributed by atoms with van der Waals surface area (Å²) in [7, 11) is 3.40. The van der Waals surface area contributed by atoms with Crippen LogP contribution in [0.1, 0.15) is 26.2 Å². The van der Waals surface area contributed by atoms with Gasteiger partial charge in [0.05, 0.1) is 19.9 Å². The van der Waals surface area contributed by atoms with E-state index >= 15 is 0 Å². The van der Waals surface area contributed by atoms with E-state index in [1.165, 1.54) is 19.3 Å². The zero-order valence-corrected chi connectivity index (χ0v) is 12.6. The summed E-state index contributed by atoms with van der Waals surface area (Å²) < 4.78 is 10.7. The second kappa shape index (κ2) is 5.52. The number of hydrogen-bond donors (Lipinski definition) is 1. The van der Waals surface area contributed by atoms with Gasteiger partial charge in [0.15, 0.2) is 0 Å². The van der Waals surface area contributed by atoms with Crippen molar-refractivity contribution in [2.75, 3.05) is 26.1 Å². The summed E-state index contributed by atoms with van der Waals surface area (Å²) in [6, 6.07) is 7.91. The lowest BCUT2D eigenvalue weighted by Crippen LogP contribution is -2.31. The predicted octanol–water partition coefficient (Wildman–Crippen LogP) is 2.74. The lowest BCUT2D eigenvalue weighted by Gasteiger charge is -2.20. The first kappa shape index (κ1) is 13.6. The third-order valence-electron chi connectivity index (χ3n) is 4.41. The maximum absolute atomic E-state index is 5.44. The number of nitrogens with zero attached hydrogens (tertiary/aromatic N) is 1. The number of rotatable bonds is 5. The molecule has 1 N–H and O–H groups in total. The molecule has 4 nitrogen and oxygen atoms in total. The second-order valence-electron chi connectivity index (χ2n) is 5.92. The second-order valence-corrected chi connectivity index (χ2v) is 5.92. The van der Waals surface area contributed by atoms with Crippen molar-refractivity contribution < 1.29 is 9.47 Å². The summed E-state index contributed by atoms with van der Waals surface area (Å²) in [4.78, 5) is 2.64. The molecule has 20 heavy (non-hydrogen) atoms. The molecule has 1 aliphatic carbocycles. The molecule has 2 fully saturated rings. The van der Waals surface area contributed by atoms with Crippen LogP contribution in [0.3, 0.4) is 0 Å². The minimum Gasteiger partial charge on any atom is -0.497 e. The van der Waals surface area contributed by atoms with Crippen LogP contribution in [-0.2, 0) is 0 Å². The summed E-state index contributed by atoms with van der Waals surface area (Å²) in [5, 5.41) is 3.63. The average Bonchev–Trinajstić information content (AvgIpc) is 3.23. The van der Waals surface area contributed by atoms with Gasteiger partial charge in [-0.3, -0.25) is 4.90 Å². The highest BCUT2D eigenvalue weighted by atomic mass is 16.5. The van der Waals surface area contributed by atoms with Crippen LogP contribution in [0.15, 0.2) is 18.2 Å². The summed E-state index contributed by atoms with van der Waals surface area (Å²) in [5.41, 5.74) is 1.03. The summed E-state index contributed by atoms with van der Waals surface area (Å²) in [6.45, 7) is 3.47. The number of nitrogens with one attached hydrogen (secondary N) is 1. The van der Waals surface area contributed by atoms with Crippen LogP contribution < -0.4 is 14.8 Å². The maximum atomic E-state index is 5.44. The third kappa shape index (κ3) is 2.70. The highest BCUT2D eigenvalue weighted by Crippen LogP contribution is 2.36. The third-order valence-corrected chi connectivity index (χ3v) is 4.41. The minimum atomic E-state index is 0.492. The maximum Gasteiger partial charge on any atom is 0.142 e. The molecule has 1 heterocycles. The number of hydrogen-bond acceptors (Lipinski definition) is 4. The molecule has 2 unspecified atom stereocenters. The Labute approximate surface area is 121 Å². The van der Waals surface area contributed by atoms with Crippen molar-refractivity contribution in [2.24, 2.45) is 0 Å². The van der Waals surface area contributed by atoms with Gasteiger partial charge in [0, 0.05) is 30.7 Å². The van der Waals surface area contributed by atoms with Crippen LogP contribution in [0.25, 0.3) is 0 Å². The number of methoxy groups -OCH3 is 2. The molecule has 0 bridgehead atoms. The number of benzene rings is 1. The van der Waals surface area contributed by atoms with Crippen molar-refractivity contribution in [2.45, 2.75) is 44.3 Å². The van der Waals surface area contributed by atoms with Gasteiger partial charge >= 0.3 is 0 Å². The molecule has 2 atom stereocenters. The van der Waals surface area contributed by atoms with Crippen molar-refractivity contribution in [1.29, 1.82) is 0 Å². The molecule has 110 valence electrons. The fourth-order valence-electron chi connectivity index (χ4n) is 3.22. The quantitative estimate of drug-likeness (QED) is 0.896. The zero-order chi connectivity index (χ0) is 14.1. The lowest BCUT2D eigenvalue weighted by molar-refractivity contribution is 0.257. The smallest absolute Gasteiger partial charge is 0.142 e. The minimum absolute atomic E-state index is 0.492. The van der Waals surface area contributed by atoms with Crippen molar-refractivity contribution >= 4 is 5.69 Å². The van der Waals surface area contributed by atoms with E-state index in [1.807, 2.05) is 18.2 Å². The first-order valence-electron chi connectivity index (χ1n) is 7.45. The van der Waals surface area contributed by atoms with Gasteiger partial charge < -0.3 is 14.8 Å². The fourth-order valence-corrected chi connectivity index (χ4v) is 3.22. The van der Waals surface area contributed by atoms with E-state index in [2.05, 4.69) is 17.1 Å². The summed E-state index contributed by atoms with van der Waals surface area (Å²) in [6.07, 6.45) is 3.94. The highest BCUT2D eigenvalue weighted by molar-refractivity contribution is 5.60. The van der Waals surface area contributed by atoms with E-state index in [-0.39, 0.29) is 0 Å². The Kier molecular flexibility index (Phi) is 3.74. The van der Waals surface area contributed by atoms with Crippen LogP contribution in [0.2, 0.25) is 0 Å². The molecule has 2 aliphatic rings. The molecule has 1 saturated carbocycles. The Morgan fingerprint density at radius 2 is 2.00 bits per heavy atom. The van der Waals surface area contributed by atoms with Crippen LogP contribution >= 0.6 is 0 Å².